The first kappa shape index (κ1) is 18.2. The van der Waals surface area contributed by atoms with Crippen LogP contribution in [0.25, 0.3) is 0 Å². The summed E-state index contributed by atoms with van der Waals surface area (Å²) in [6.45, 7) is 0.597. The second kappa shape index (κ2) is 7.70. The fraction of sp³-hybridized carbons (Fsp3) is 0.300. The van der Waals surface area contributed by atoms with Crippen molar-refractivity contribution in [1.82, 2.24) is 5.32 Å². The molecular weight excluding hydrogens is 301 g/mol. The van der Waals surface area contributed by atoms with Crippen LogP contribution in [0.15, 0.2) is 30.3 Å². The number of hydrogen-bond donors (Lipinski definition) is 3. The molecule has 114 valence electrons. The Morgan fingerprint density at radius 1 is 1.25 bits per heavy atom. The number of primary amides is 1. The minimum Gasteiger partial charge on any atom is -0.352 e. The number of hydrogen-bond acceptors (Lipinski definition) is 3. The van der Waals surface area contributed by atoms with E-state index in [0.717, 1.165) is 6.42 Å². The molecule has 0 aliphatic heterocycles. The molecule has 0 saturated heterocycles. The fourth-order valence-corrected chi connectivity index (χ4v) is 0.975. The lowest BCUT2D eigenvalue weighted by Gasteiger charge is -2.00. The van der Waals surface area contributed by atoms with Crippen molar-refractivity contribution in [3.63, 3.8) is 0 Å². The molecule has 0 bridgehead atoms. The Kier molecular flexibility index (Phi) is 7.00. The number of urea groups is 1. The number of carbonyl (C=O) groups is 1. The van der Waals surface area contributed by atoms with E-state index in [1.807, 2.05) is 30.3 Å². The quantitative estimate of drug-likeness (QED) is 0.577. The van der Waals surface area contributed by atoms with Gasteiger partial charge in [0.2, 0.25) is 0 Å². The van der Waals surface area contributed by atoms with Crippen molar-refractivity contribution in [1.29, 1.82) is 0 Å². The SMILES string of the molecule is NC(=O)NCCc1ccccc1.O=S(=O)(O)C(F)(F)F. The summed E-state index contributed by atoms with van der Waals surface area (Å²) in [6.07, 6.45) is 0.823. The summed E-state index contributed by atoms with van der Waals surface area (Å²) in [5, 5.41) is 2.53. The molecule has 0 heterocycles. The predicted octanol–water partition coefficient (Wildman–Crippen LogP) is 1.29. The summed E-state index contributed by atoms with van der Waals surface area (Å²) < 4.78 is 57.5. The Labute approximate surface area is 113 Å². The maximum absolute atomic E-state index is 10.7. The number of benzene rings is 1. The van der Waals surface area contributed by atoms with Crippen LogP contribution >= 0.6 is 0 Å². The molecule has 0 saturated carbocycles. The monoisotopic (exact) mass is 314 g/mol. The van der Waals surface area contributed by atoms with Gasteiger partial charge in [0.05, 0.1) is 0 Å². The van der Waals surface area contributed by atoms with Gasteiger partial charge in [-0.25, -0.2) is 4.79 Å². The van der Waals surface area contributed by atoms with Crippen LogP contribution < -0.4 is 11.1 Å². The predicted molar refractivity (Wildman–Crippen MR) is 65.3 cm³/mol. The minimum atomic E-state index is -5.84. The third-order valence-corrected chi connectivity index (χ3v) is 2.43. The summed E-state index contributed by atoms with van der Waals surface area (Å²) in [7, 11) is -5.84. The topological polar surface area (TPSA) is 109 Å². The molecule has 6 nitrogen and oxygen atoms in total. The molecule has 1 rings (SSSR count). The van der Waals surface area contributed by atoms with Crippen molar-refractivity contribution in [2.24, 2.45) is 5.73 Å². The molecule has 0 aromatic heterocycles. The first-order chi connectivity index (χ1) is 9.04. The van der Waals surface area contributed by atoms with Crippen molar-refractivity contribution in [3.8, 4) is 0 Å². The van der Waals surface area contributed by atoms with Gasteiger partial charge in [0.15, 0.2) is 0 Å². The standard InChI is InChI=1S/C9H12N2O.CHF3O3S/c10-9(12)11-7-6-8-4-2-1-3-5-8;2-1(3,4)8(5,6)7/h1-5H,6-7H2,(H3,10,11,12);(H,5,6,7). The molecule has 0 spiro atoms. The number of halogens is 3. The molecule has 0 unspecified atom stereocenters. The second-order valence-electron chi connectivity index (χ2n) is 3.45. The zero-order valence-corrected chi connectivity index (χ0v) is 10.9. The van der Waals surface area contributed by atoms with Gasteiger partial charge in [-0.1, -0.05) is 30.3 Å². The van der Waals surface area contributed by atoms with E-state index in [1.54, 1.807) is 0 Å². The van der Waals surface area contributed by atoms with Crippen molar-refractivity contribution >= 4 is 16.1 Å². The van der Waals surface area contributed by atoms with Gasteiger partial charge >= 0.3 is 21.7 Å². The van der Waals surface area contributed by atoms with Crippen LogP contribution in [-0.4, -0.2) is 31.1 Å². The molecule has 0 radical (unpaired) electrons. The van der Waals surface area contributed by atoms with Crippen LogP contribution in [0.1, 0.15) is 5.56 Å². The van der Waals surface area contributed by atoms with Gasteiger partial charge < -0.3 is 11.1 Å². The molecule has 4 N–H and O–H groups in total. The van der Waals surface area contributed by atoms with Crippen molar-refractivity contribution < 1.29 is 30.9 Å². The van der Waals surface area contributed by atoms with Crippen LogP contribution in [-0.2, 0) is 16.5 Å². The zero-order chi connectivity index (χ0) is 15.8. The van der Waals surface area contributed by atoms with E-state index in [4.69, 9.17) is 18.7 Å². The lowest BCUT2D eigenvalue weighted by atomic mass is 10.1. The number of nitrogens with two attached hydrogens (primary N) is 1. The molecule has 0 fully saturated rings. The van der Waals surface area contributed by atoms with E-state index in [0.29, 0.717) is 6.54 Å². The van der Waals surface area contributed by atoms with Gasteiger partial charge in [0, 0.05) is 6.54 Å². The summed E-state index contributed by atoms with van der Waals surface area (Å²) in [6, 6.07) is 9.47. The molecule has 10 heteroatoms. The highest BCUT2D eigenvalue weighted by Gasteiger charge is 2.44. The molecule has 0 aliphatic carbocycles. The van der Waals surface area contributed by atoms with Gasteiger partial charge in [0.25, 0.3) is 0 Å². The van der Waals surface area contributed by atoms with E-state index in [2.05, 4.69) is 5.32 Å². The van der Waals surface area contributed by atoms with Crippen molar-refractivity contribution in [3.05, 3.63) is 35.9 Å². The number of rotatable bonds is 3. The highest BCUT2D eigenvalue weighted by Crippen LogP contribution is 2.20. The number of nitrogens with one attached hydrogen (secondary N) is 1. The van der Waals surface area contributed by atoms with E-state index < -0.39 is 21.7 Å². The lowest BCUT2D eigenvalue weighted by molar-refractivity contribution is -0.0510. The van der Waals surface area contributed by atoms with E-state index >= 15 is 0 Å². The first-order valence-corrected chi connectivity index (χ1v) is 6.59. The van der Waals surface area contributed by atoms with Crippen molar-refractivity contribution in [2.45, 2.75) is 11.9 Å². The Balaban J connectivity index is 0.000000396. The van der Waals surface area contributed by atoms with Gasteiger partial charge in [0.1, 0.15) is 0 Å². The Bertz CT molecular complexity index is 517. The average molecular weight is 314 g/mol. The molecule has 0 atom stereocenters. The Morgan fingerprint density at radius 2 is 1.70 bits per heavy atom. The van der Waals surface area contributed by atoms with Crippen LogP contribution in [0.3, 0.4) is 0 Å². The summed E-state index contributed by atoms with van der Waals surface area (Å²) in [4.78, 5) is 10.3. The maximum Gasteiger partial charge on any atom is 0.522 e. The van der Waals surface area contributed by atoms with Crippen LogP contribution in [0, 0.1) is 0 Å². The number of alkyl halides is 3. The van der Waals surface area contributed by atoms with Crippen molar-refractivity contribution in [2.75, 3.05) is 6.54 Å². The van der Waals surface area contributed by atoms with Crippen LogP contribution in [0.2, 0.25) is 0 Å². The molecule has 0 aliphatic rings. The maximum atomic E-state index is 10.7. The Morgan fingerprint density at radius 3 is 2.05 bits per heavy atom. The number of carbonyl (C=O) groups excluding carboxylic acids is 1. The molecule has 1 aromatic rings. The normalized spacial score (nSPS) is 11.2. The third-order valence-electron chi connectivity index (χ3n) is 1.85. The van der Waals surface area contributed by atoms with E-state index in [9.17, 15) is 18.0 Å². The van der Waals surface area contributed by atoms with Gasteiger partial charge in [-0.2, -0.15) is 21.6 Å². The minimum absolute atomic E-state index is 0.467. The first-order valence-electron chi connectivity index (χ1n) is 5.15. The molecule has 20 heavy (non-hydrogen) atoms. The number of amides is 2. The highest BCUT2D eigenvalue weighted by atomic mass is 32.2. The molecule has 2 amide bonds. The highest BCUT2D eigenvalue weighted by molar-refractivity contribution is 7.86. The van der Waals surface area contributed by atoms with Crippen LogP contribution in [0.4, 0.5) is 18.0 Å². The molecule has 1 aromatic carbocycles. The van der Waals surface area contributed by atoms with Gasteiger partial charge in [-0.15, -0.1) is 0 Å². The fourth-order valence-electron chi connectivity index (χ4n) is 0.975. The largest absolute Gasteiger partial charge is 0.522 e. The Hall–Kier alpha value is -1.81. The second-order valence-corrected chi connectivity index (χ2v) is 4.86. The zero-order valence-electron chi connectivity index (χ0n) is 10.1. The lowest BCUT2D eigenvalue weighted by Crippen LogP contribution is -2.30. The van der Waals surface area contributed by atoms with Crippen LogP contribution in [0.5, 0.6) is 0 Å². The summed E-state index contributed by atoms with van der Waals surface area (Å²) in [5.74, 6) is 0. The third kappa shape index (κ3) is 8.32. The smallest absolute Gasteiger partial charge is 0.352 e. The summed E-state index contributed by atoms with van der Waals surface area (Å²) >= 11 is 0. The average Bonchev–Trinajstić information content (AvgIpc) is 2.28. The molecular formula is C10H13F3N2O4S. The summed E-state index contributed by atoms with van der Waals surface area (Å²) in [5.41, 5.74) is 0.572. The van der Waals surface area contributed by atoms with E-state index in [-0.39, 0.29) is 0 Å². The van der Waals surface area contributed by atoms with Gasteiger partial charge in [-0.3, -0.25) is 4.55 Å². The van der Waals surface area contributed by atoms with E-state index in [1.165, 1.54) is 5.56 Å². The van der Waals surface area contributed by atoms with Gasteiger partial charge in [-0.05, 0) is 12.0 Å².